The fourth-order valence-electron chi connectivity index (χ4n) is 2.53. The summed E-state index contributed by atoms with van der Waals surface area (Å²) in [6, 6.07) is 12.5. The Morgan fingerprint density at radius 1 is 1.24 bits per heavy atom. The van der Waals surface area contributed by atoms with Gasteiger partial charge in [0.15, 0.2) is 0 Å². The largest absolute Gasteiger partial charge is 0.472 e. The van der Waals surface area contributed by atoms with Gasteiger partial charge in [-0.1, -0.05) is 30.3 Å². The first-order valence-electron chi connectivity index (χ1n) is 6.95. The van der Waals surface area contributed by atoms with Gasteiger partial charge in [-0.2, -0.15) is 0 Å². The van der Waals surface area contributed by atoms with Crippen molar-refractivity contribution < 1.29 is 4.74 Å². The van der Waals surface area contributed by atoms with Crippen LogP contribution in [0.2, 0.25) is 0 Å². The number of aromatic nitrogens is 1. The highest BCUT2D eigenvalue weighted by atomic mass is 79.9. The molecule has 0 bridgehead atoms. The lowest BCUT2D eigenvalue weighted by Crippen LogP contribution is -2.24. The molecule has 0 spiro atoms. The van der Waals surface area contributed by atoms with Gasteiger partial charge in [-0.15, -0.1) is 0 Å². The van der Waals surface area contributed by atoms with Crippen LogP contribution in [0.1, 0.15) is 12.0 Å². The average molecular weight is 412 g/mol. The van der Waals surface area contributed by atoms with Crippen molar-refractivity contribution in [2.75, 3.05) is 13.1 Å². The van der Waals surface area contributed by atoms with E-state index in [1.165, 1.54) is 5.56 Å². The lowest BCUT2D eigenvalue weighted by Gasteiger charge is -2.17. The fourth-order valence-corrected chi connectivity index (χ4v) is 3.61. The van der Waals surface area contributed by atoms with Crippen molar-refractivity contribution >= 4 is 31.9 Å². The van der Waals surface area contributed by atoms with Gasteiger partial charge in [0.2, 0.25) is 5.88 Å². The molecule has 0 aliphatic carbocycles. The number of nitrogens with zero attached hydrogens (tertiary/aromatic N) is 2. The number of benzene rings is 1. The monoisotopic (exact) mass is 410 g/mol. The second-order valence-corrected chi connectivity index (χ2v) is 6.96. The summed E-state index contributed by atoms with van der Waals surface area (Å²) < 4.78 is 7.84. The lowest BCUT2D eigenvalue weighted by atomic mass is 10.2. The van der Waals surface area contributed by atoms with Crippen molar-refractivity contribution in [2.24, 2.45) is 0 Å². The lowest BCUT2D eigenvalue weighted by molar-refractivity contribution is 0.190. The van der Waals surface area contributed by atoms with E-state index in [0.29, 0.717) is 5.88 Å². The summed E-state index contributed by atoms with van der Waals surface area (Å²) in [7, 11) is 0. The van der Waals surface area contributed by atoms with Gasteiger partial charge in [-0.25, -0.2) is 4.98 Å². The SMILES string of the molecule is Brc1cnc(OC2CCN(Cc3ccccc3)C2)c(Br)c1. The smallest absolute Gasteiger partial charge is 0.228 e. The van der Waals surface area contributed by atoms with Crippen LogP contribution >= 0.6 is 31.9 Å². The summed E-state index contributed by atoms with van der Waals surface area (Å²) >= 11 is 6.89. The molecule has 1 aliphatic rings. The predicted octanol–water partition coefficient (Wildman–Crippen LogP) is 4.26. The molecule has 3 nitrogen and oxygen atoms in total. The van der Waals surface area contributed by atoms with E-state index in [-0.39, 0.29) is 6.10 Å². The van der Waals surface area contributed by atoms with Gasteiger partial charge in [0.1, 0.15) is 6.10 Å². The molecule has 1 unspecified atom stereocenters. The minimum absolute atomic E-state index is 0.207. The molecule has 1 aromatic heterocycles. The first-order chi connectivity index (χ1) is 10.2. The zero-order valence-corrected chi connectivity index (χ0v) is 14.7. The van der Waals surface area contributed by atoms with Crippen molar-refractivity contribution in [3.05, 3.63) is 57.1 Å². The van der Waals surface area contributed by atoms with E-state index < -0.39 is 0 Å². The Morgan fingerprint density at radius 2 is 2.05 bits per heavy atom. The molecule has 110 valence electrons. The number of pyridine rings is 1. The van der Waals surface area contributed by atoms with E-state index in [1.807, 2.05) is 6.07 Å². The number of rotatable bonds is 4. The summed E-state index contributed by atoms with van der Waals surface area (Å²) in [6.07, 6.45) is 3.01. The van der Waals surface area contributed by atoms with Crippen molar-refractivity contribution in [3.8, 4) is 5.88 Å². The van der Waals surface area contributed by atoms with E-state index >= 15 is 0 Å². The number of hydrogen-bond donors (Lipinski definition) is 0. The number of halogens is 2. The molecule has 21 heavy (non-hydrogen) atoms. The molecule has 0 radical (unpaired) electrons. The van der Waals surface area contributed by atoms with Gasteiger partial charge in [0, 0.05) is 30.3 Å². The van der Waals surface area contributed by atoms with Crippen LogP contribution in [0.3, 0.4) is 0 Å². The molecular formula is C16H16Br2N2O. The predicted molar refractivity (Wildman–Crippen MR) is 90.4 cm³/mol. The molecular weight excluding hydrogens is 396 g/mol. The van der Waals surface area contributed by atoms with Gasteiger partial charge in [0.25, 0.3) is 0 Å². The highest BCUT2D eigenvalue weighted by molar-refractivity contribution is 9.11. The molecule has 1 aliphatic heterocycles. The summed E-state index contributed by atoms with van der Waals surface area (Å²) in [4.78, 5) is 6.74. The highest BCUT2D eigenvalue weighted by Gasteiger charge is 2.24. The minimum Gasteiger partial charge on any atom is -0.472 e. The minimum atomic E-state index is 0.207. The van der Waals surface area contributed by atoms with Gasteiger partial charge < -0.3 is 4.74 Å². The molecule has 1 aromatic carbocycles. The normalized spacial score (nSPS) is 18.9. The zero-order valence-electron chi connectivity index (χ0n) is 11.5. The van der Waals surface area contributed by atoms with E-state index in [9.17, 15) is 0 Å². The second kappa shape index (κ2) is 6.90. The van der Waals surface area contributed by atoms with E-state index in [2.05, 4.69) is 72.1 Å². The van der Waals surface area contributed by atoms with Crippen LogP contribution in [0.5, 0.6) is 5.88 Å². The topological polar surface area (TPSA) is 25.4 Å². The van der Waals surface area contributed by atoms with Crippen molar-refractivity contribution in [2.45, 2.75) is 19.1 Å². The maximum absolute atomic E-state index is 6.01. The molecule has 1 saturated heterocycles. The maximum Gasteiger partial charge on any atom is 0.228 e. The van der Waals surface area contributed by atoms with Gasteiger partial charge >= 0.3 is 0 Å². The summed E-state index contributed by atoms with van der Waals surface area (Å²) in [5.74, 6) is 0.671. The van der Waals surface area contributed by atoms with Crippen LogP contribution in [-0.2, 0) is 6.54 Å². The summed E-state index contributed by atoms with van der Waals surface area (Å²) in [6.45, 7) is 2.99. The third-order valence-corrected chi connectivity index (χ3v) is 4.53. The molecule has 1 atom stereocenters. The fraction of sp³-hybridized carbons (Fsp3) is 0.312. The molecule has 0 N–H and O–H groups in total. The zero-order chi connectivity index (χ0) is 14.7. The first kappa shape index (κ1) is 15.0. The molecule has 0 saturated carbocycles. The van der Waals surface area contributed by atoms with Crippen LogP contribution in [-0.4, -0.2) is 29.1 Å². The van der Waals surface area contributed by atoms with Gasteiger partial charge in [-0.3, -0.25) is 4.90 Å². The Morgan fingerprint density at radius 3 is 2.81 bits per heavy atom. The van der Waals surface area contributed by atoms with Crippen molar-refractivity contribution in [1.82, 2.24) is 9.88 Å². The molecule has 5 heteroatoms. The van der Waals surface area contributed by atoms with Crippen LogP contribution < -0.4 is 4.74 Å². The van der Waals surface area contributed by atoms with Crippen LogP contribution in [0.15, 0.2) is 51.5 Å². The molecule has 2 aromatic rings. The van der Waals surface area contributed by atoms with Crippen LogP contribution in [0.25, 0.3) is 0 Å². The van der Waals surface area contributed by atoms with E-state index in [4.69, 9.17) is 4.74 Å². The third-order valence-electron chi connectivity index (χ3n) is 3.53. The molecule has 0 amide bonds. The Hall–Kier alpha value is -0.910. The first-order valence-corrected chi connectivity index (χ1v) is 8.53. The standard InChI is InChI=1S/C16H16Br2N2O/c17-13-8-15(18)16(19-9-13)21-14-6-7-20(11-14)10-12-4-2-1-3-5-12/h1-5,8-9,14H,6-7,10-11H2. The summed E-state index contributed by atoms with van der Waals surface area (Å²) in [5, 5.41) is 0. The third kappa shape index (κ3) is 4.05. The van der Waals surface area contributed by atoms with Crippen LogP contribution in [0.4, 0.5) is 0 Å². The number of ether oxygens (including phenoxy) is 1. The van der Waals surface area contributed by atoms with Gasteiger partial charge in [-0.05, 0) is 49.9 Å². The van der Waals surface area contributed by atoms with Crippen molar-refractivity contribution in [3.63, 3.8) is 0 Å². The van der Waals surface area contributed by atoms with E-state index in [0.717, 1.165) is 35.0 Å². The van der Waals surface area contributed by atoms with Crippen molar-refractivity contribution in [1.29, 1.82) is 0 Å². The summed E-state index contributed by atoms with van der Waals surface area (Å²) in [5.41, 5.74) is 1.35. The highest BCUT2D eigenvalue weighted by Crippen LogP contribution is 2.28. The Labute approximate surface area is 141 Å². The maximum atomic E-state index is 6.01. The van der Waals surface area contributed by atoms with Crippen LogP contribution in [0, 0.1) is 0 Å². The quantitative estimate of drug-likeness (QED) is 0.751. The molecule has 1 fully saturated rings. The van der Waals surface area contributed by atoms with Gasteiger partial charge in [0.05, 0.1) is 4.47 Å². The molecule has 2 heterocycles. The Bertz CT molecular complexity index is 606. The Balaban J connectivity index is 1.57. The second-order valence-electron chi connectivity index (χ2n) is 5.19. The number of likely N-dealkylation sites (tertiary alicyclic amines) is 1. The molecule has 3 rings (SSSR count). The average Bonchev–Trinajstić information content (AvgIpc) is 2.90. The van der Waals surface area contributed by atoms with E-state index in [1.54, 1.807) is 6.20 Å². The number of hydrogen-bond acceptors (Lipinski definition) is 3. The Kier molecular flexibility index (Phi) is 4.93.